The van der Waals surface area contributed by atoms with Gasteiger partial charge in [0.1, 0.15) is 5.82 Å². The van der Waals surface area contributed by atoms with E-state index in [1.807, 2.05) is 0 Å². The molecule has 0 fully saturated rings. The van der Waals surface area contributed by atoms with Gasteiger partial charge in [0.05, 0.1) is 0 Å². The van der Waals surface area contributed by atoms with Crippen molar-refractivity contribution in [3.8, 4) is 0 Å². The summed E-state index contributed by atoms with van der Waals surface area (Å²) in [6, 6.07) is 0. The molecule has 1 aromatic rings. The highest BCUT2D eigenvalue weighted by Gasteiger charge is 2.10. The summed E-state index contributed by atoms with van der Waals surface area (Å²) in [5, 5.41) is 2.35. The standard InChI is InChI=1S/C6H6ClN3O2/c1-3-8-5(7)4(9-12)6(11)10(3)2/h1-2H3. The predicted octanol–water partition coefficient (Wildman–Crippen LogP) is 1.14. The van der Waals surface area contributed by atoms with Crippen molar-refractivity contribution in [3.63, 3.8) is 0 Å². The van der Waals surface area contributed by atoms with Gasteiger partial charge < -0.3 is 0 Å². The summed E-state index contributed by atoms with van der Waals surface area (Å²) in [5.41, 5.74) is -0.868. The lowest BCUT2D eigenvalue weighted by atomic mass is 10.5. The number of aromatic nitrogens is 2. The van der Waals surface area contributed by atoms with Crippen LogP contribution in [0.5, 0.6) is 0 Å². The summed E-state index contributed by atoms with van der Waals surface area (Å²) in [5.74, 6) is 0.442. The third kappa shape index (κ3) is 1.23. The van der Waals surface area contributed by atoms with E-state index in [0.717, 1.165) is 0 Å². The molecule has 0 saturated carbocycles. The highest BCUT2D eigenvalue weighted by Crippen LogP contribution is 2.16. The normalized spacial score (nSPS) is 9.92. The number of nitroso groups, excluding NO2 is 1. The zero-order valence-electron chi connectivity index (χ0n) is 6.54. The molecule has 0 aliphatic rings. The molecule has 5 nitrogen and oxygen atoms in total. The second-order valence-corrected chi connectivity index (χ2v) is 2.61. The Morgan fingerprint density at radius 1 is 1.58 bits per heavy atom. The minimum absolute atomic E-state index is 0.148. The first-order chi connectivity index (χ1) is 5.57. The average Bonchev–Trinajstić information content (AvgIpc) is 2.01. The number of hydrogen-bond acceptors (Lipinski definition) is 4. The van der Waals surface area contributed by atoms with Crippen molar-refractivity contribution in [2.75, 3.05) is 0 Å². The van der Waals surface area contributed by atoms with Crippen molar-refractivity contribution >= 4 is 17.3 Å². The lowest BCUT2D eigenvalue weighted by molar-refractivity contribution is 0.776. The van der Waals surface area contributed by atoms with Gasteiger partial charge in [-0.15, -0.1) is 4.91 Å². The van der Waals surface area contributed by atoms with Crippen molar-refractivity contribution in [2.24, 2.45) is 12.2 Å². The molecule has 0 atom stereocenters. The van der Waals surface area contributed by atoms with Gasteiger partial charge in [-0.25, -0.2) is 4.98 Å². The van der Waals surface area contributed by atoms with Crippen LogP contribution in [-0.2, 0) is 7.05 Å². The molecule has 0 amide bonds. The maximum atomic E-state index is 11.2. The second kappa shape index (κ2) is 3.02. The van der Waals surface area contributed by atoms with Crippen LogP contribution < -0.4 is 5.56 Å². The van der Waals surface area contributed by atoms with E-state index >= 15 is 0 Å². The Morgan fingerprint density at radius 2 is 2.17 bits per heavy atom. The molecule has 0 N–H and O–H groups in total. The van der Waals surface area contributed by atoms with E-state index in [2.05, 4.69) is 10.2 Å². The molecule has 0 spiro atoms. The molecule has 0 bridgehead atoms. The molecule has 0 radical (unpaired) electrons. The van der Waals surface area contributed by atoms with E-state index in [1.165, 1.54) is 11.6 Å². The summed E-state index contributed by atoms with van der Waals surface area (Å²) < 4.78 is 1.21. The number of nitrogens with zero attached hydrogens (tertiary/aromatic N) is 3. The molecule has 1 heterocycles. The van der Waals surface area contributed by atoms with Gasteiger partial charge in [0, 0.05) is 7.05 Å². The fourth-order valence-corrected chi connectivity index (χ4v) is 0.978. The summed E-state index contributed by atoms with van der Waals surface area (Å²) in [6.45, 7) is 1.61. The Kier molecular flexibility index (Phi) is 2.23. The van der Waals surface area contributed by atoms with E-state index < -0.39 is 5.56 Å². The Hall–Kier alpha value is -1.23. The van der Waals surface area contributed by atoms with E-state index in [1.54, 1.807) is 6.92 Å². The number of halogens is 1. The van der Waals surface area contributed by atoms with Crippen LogP contribution in [0.1, 0.15) is 5.82 Å². The van der Waals surface area contributed by atoms with Crippen LogP contribution in [0.3, 0.4) is 0 Å². The van der Waals surface area contributed by atoms with Gasteiger partial charge in [0.25, 0.3) is 5.56 Å². The molecule has 1 rings (SSSR count). The molecule has 0 aromatic carbocycles. The van der Waals surface area contributed by atoms with Crippen LogP contribution in [0.25, 0.3) is 0 Å². The topological polar surface area (TPSA) is 64.3 Å². The van der Waals surface area contributed by atoms with Crippen molar-refractivity contribution < 1.29 is 0 Å². The summed E-state index contributed by atoms with van der Waals surface area (Å²) in [6.07, 6.45) is 0. The summed E-state index contributed by atoms with van der Waals surface area (Å²) in [4.78, 5) is 25.0. The number of hydrogen-bond donors (Lipinski definition) is 0. The third-order valence-corrected chi connectivity index (χ3v) is 1.80. The van der Waals surface area contributed by atoms with Crippen molar-refractivity contribution in [2.45, 2.75) is 6.92 Å². The van der Waals surface area contributed by atoms with Crippen molar-refractivity contribution in [3.05, 3.63) is 26.2 Å². The molecule has 0 aliphatic heterocycles. The lowest BCUT2D eigenvalue weighted by Crippen LogP contribution is -2.20. The monoisotopic (exact) mass is 187 g/mol. The van der Waals surface area contributed by atoms with E-state index in [9.17, 15) is 9.70 Å². The Balaban J connectivity index is 3.63. The Labute approximate surface area is 73.0 Å². The molecular formula is C6H6ClN3O2. The molecule has 0 saturated heterocycles. The first-order valence-electron chi connectivity index (χ1n) is 3.14. The van der Waals surface area contributed by atoms with Crippen LogP contribution in [0.15, 0.2) is 9.97 Å². The number of aryl methyl sites for hydroxylation is 1. The summed E-state index contributed by atoms with van der Waals surface area (Å²) >= 11 is 5.49. The fraction of sp³-hybridized carbons (Fsp3) is 0.333. The van der Waals surface area contributed by atoms with Crippen LogP contribution >= 0.6 is 11.6 Å². The van der Waals surface area contributed by atoms with Gasteiger partial charge in [-0.05, 0) is 12.1 Å². The van der Waals surface area contributed by atoms with Gasteiger partial charge in [-0.1, -0.05) is 11.6 Å². The van der Waals surface area contributed by atoms with Gasteiger partial charge in [0.15, 0.2) is 5.15 Å². The first-order valence-corrected chi connectivity index (χ1v) is 3.52. The van der Waals surface area contributed by atoms with Gasteiger partial charge in [0.2, 0.25) is 5.69 Å². The molecule has 12 heavy (non-hydrogen) atoms. The maximum absolute atomic E-state index is 11.2. The molecule has 1 aromatic heterocycles. The number of rotatable bonds is 1. The Bertz CT molecular complexity index is 385. The molecular weight excluding hydrogens is 182 g/mol. The van der Waals surface area contributed by atoms with Crippen molar-refractivity contribution in [1.29, 1.82) is 0 Å². The third-order valence-electron chi connectivity index (χ3n) is 1.54. The molecule has 0 aliphatic carbocycles. The second-order valence-electron chi connectivity index (χ2n) is 2.25. The van der Waals surface area contributed by atoms with Crippen LogP contribution in [0.4, 0.5) is 5.69 Å². The molecule has 64 valence electrons. The van der Waals surface area contributed by atoms with Gasteiger partial charge >= 0.3 is 0 Å². The van der Waals surface area contributed by atoms with E-state index in [0.29, 0.717) is 5.82 Å². The van der Waals surface area contributed by atoms with Crippen LogP contribution in [-0.4, -0.2) is 9.55 Å². The lowest BCUT2D eigenvalue weighted by Gasteiger charge is -2.02. The zero-order chi connectivity index (χ0) is 9.30. The summed E-state index contributed by atoms with van der Waals surface area (Å²) in [7, 11) is 1.50. The first kappa shape index (κ1) is 8.86. The average molecular weight is 188 g/mol. The fourth-order valence-electron chi connectivity index (χ4n) is 0.741. The highest BCUT2D eigenvalue weighted by molar-refractivity contribution is 6.31. The van der Waals surface area contributed by atoms with E-state index in [-0.39, 0.29) is 10.8 Å². The van der Waals surface area contributed by atoms with Gasteiger partial charge in [-0.3, -0.25) is 9.36 Å². The zero-order valence-corrected chi connectivity index (χ0v) is 7.29. The van der Waals surface area contributed by atoms with Crippen LogP contribution in [0.2, 0.25) is 5.15 Å². The van der Waals surface area contributed by atoms with Gasteiger partial charge in [-0.2, -0.15) is 0 Å². The largest absolute Gasteiger partial charge is 0.298 e. The highest BCUT2D eigenvalue weighted by atomic mass is 35.5. The minimum Gasteiger partial charge on any atom is -0.298 e. The minimum atomic E-state index is -0.525. The predicted molar refractivity (Wildman–Crippen MR) is 44.7 cm³/mol. The molecule has 6 heteroatoms. The quantitative estimate of drug-likeness (QED) is 0.489. The van der Waals surface area contributed by atoms with Crippen molar-refractivity contribution in [1.82, 2.24) is 9.55 Å². The smallest absolute Gasteiger partial charge is 0.284 e. The van der Waals surface area contributed by atoms with E-state index in [4.69, 9.17) is 11.6 Å². The molecule has 0 unspecified atom stereocenters. The maximum Gasteiger partial charge on any atom is 0.284 e. The van der Waals surface area contributed by atoms with Crippen LogP contribution in [0, 0.1) is 11.8 Å². The SMILES string of the molecule is Cc1nc(Cl)c(N=O)c(=O)n1C. The Morgan fingerprint density at radius 3 is 2.67 bits per heavy atom.